The molecule has 1 aliphatic heterocycles. The van der Waals surface area contributed by atoms with Gasteiger partial charge in [-0.25, -0.2) is 8.42 Å². The van der Waals surface area contributed by atoms with Gasteiger partial charge in [0.05, 0.1) is 10.6 Å². The molecule has 0 bridgehead atoms. The minimum atomic E-state index is -3.54. The van der Waals surface area contributed by atoms with Crippen molar-refractivity contribution in [1.29, 1.82) is 0 Å². The number of rotatable bonds is 8. The average molecular weight is 515 g/mol. The SMILES string of the molecule is Cc1cc(S(=O)(=O)N2CCCCC2)ccc1OCC(=O)Nc1cc(Cl)ccc1Oc1ccccc1. The normalized spacial score (nSPS) is 14.3. The molecule has 9 heteroatoms. The van der Waals surface area contributed by atoms with Crippen LogP contribution >= 0.6 is 11.6 Å². The van der Waals surface area contributed by atoms with E-state index in [1.165, 1.54) is 10.4 Å². The Bertz CT molecular complexity index is 1290. The van der Waals surface area contributed by atoms with Crippen molar-refractivity contribution in [2.75, 3.05) is 25.0 Å². The Balaban J connectivity index is 1.41. The summed E-state index contributed by atoms with van der Waals surface area (Å²) in [5, 5.41) is 3.21. The molecule has 0 aliphatic carbocycles. The quantitative estimate of drug-likeness (QED) is 0.421. The molecular weight excluding hydrogens is 488 g/mol. The van der Waals surface area contributed by atoms with Gasteiger partial charge in [0, 0.05) is 18.1 Å². The molecule has 0 atom stereocenters. The molecule has 3 aromatic rings. The topological polar surface area (TPSA) is 84.9 Å². The first-order valence-corrected chi connectivity index (χ1v) is 13.2. The molecule has 1 heterocycles. The summed E-state index contributed by atoms with van der Waals surface area (Å²) in [6.07, 6.45) is 2.80. The summed E-state index contributed by atoms with van der Waals surface area (Å²) in [6, 6.07) is 18.8. The lowest BCUT2D eigenvalue weighted by Crippen LogP contribution is -2.35. The molecule has 35 heavy (non-hydrogen) atoms. The summed E-state index contributed by atoms with van der Waals surface area (Å²) in [5.74, 6) is 1.09. The van der Waals surface area contributed by atoms with Gasteiger partial charge < -0.3 is 14.8 Å². The number of halogens is 1. The Hall–Kier alpha value is -3.07. The second-order valence-corrected chi connectivity index (χ2v) is 10.7. The third-order valence-corrected chi connectivity index (χ3v) is 7.77. The summed E-state index contributed by atoms with van der Waals surface area (Å²) in [4.78, 5) is 12.8. The maximum Gasteiger partial charge on any atom is 0.262 e. The van der Waals surface area contributed by atoms with Crippen LogP contribution in [0.5, 0.6) is 17.2 Å². The number of anilines is 1. The van der Waals surface area contributed by atoms with Gasteiger partial charge >= 0.3 is 0 Å². The molecule has 0 unspecified atom stereocenters. The number of nitrogens with zero attached hydrogens (tertiary/aromatic N) is 1. The van der Waals surface area contributed by atoms with Gasteiger partial charge in [0.1, 0.15) is 11.5 Å². The number of amides is 1. The predicted molar refractivity (Wildman–Crippen MR) is 136 cm³/mol. The van der Waals surface area contributed by atoms with Crippen LogP contribution in [-0.4, -0.2) is 38.3 Å². The fourth-order valence-electron chi connectivity index (χ4n) is 3.83. The zero-order valence-electron chi connectivity index (χ0n) is 19.4. The van der Waals surface area contributed by atoms with Crippen LogP contribution < -0.4 is 14.8 Å². The lowest BCUT2D eigenvalue weighted by molar-refractivity contribution is -0.118. The molecule has 7 nitrogen and oxygen atoms in total. The van der Waals surface area contributed by atoms with E-state index in [1.807, 2.05) is 18.2 Å². The van der Waals surface area contributed by atoms with Crippen LogP contribution in [0.4, 0.5) is 5.69 Å². The highest BCUT2D eigenvalue weighted by Gasteiger charge is 2.26. The molecule has 0 saturated carbocycles. The van der Waals surface area contributed by atoms with Crippen LogP contribution in [0.3, 0.4) is 0 Å². The number of nitrogens with one attached hydrogen (secondary N) is 1. The first kappa shape index (κ1) is 25.0. The van der Waals surface area contributed by atoms with Gasteiger partial charge in [-0.1, -0.05) is 36.2 Å². The Kier molecular flexibility index (Phi) is 7.95. The molecule has 1 N–H and O–H groups in total. The van der Waals surface area contributed by atoms with Crippen LogP contribution in [-0.2, 0) is 14.8 Å². The van der Waals surface area contributed by atoms with Gasteiger partial charge in [-0.3, -0.25) is 4.79 Å². The van der Waals surface area contributed by atoms with Crippen molar-refractivity contribution in [2.45, 2.75) is 31.1 Å². The van der Waals surface area contributed by atoms with Crippen molar-refractivity contribution in [3.8, 4) is 17.2 Å². The Morgan fingerprint density at radius 1 is 0.971 bits per heavy atom. The van der Waals surface area contributed by atoms with Gasteiger partial charge in [-0.15, -0.1) is 0 Å². The van der Waals surface area contributed by atoms with Crippen molar-refractivity contribution < 1.29 is 22.7 Å². The Morgan fingerprint density at radius 3 is 2.40 bits per heavy atom. The molecule has 4 rings (SSSR count). The largest absolute Gasteiger partial charge is 0.483 e. The third kappa shape index (κ3) is 6.33. The van der Waals surface area contributed by atoms with Gasteiger partial charge in [0.15, 0.2) is 12.4 Å². The standard InChI is InChI=1S/C26H27ClN2O5S/c1-19-16-22(35(31,32)29-14-6-3-7-15-29)11-13-24(19)33-18-26(30)28-23-17-20(27)10-12-25(23)34-21-8-4-2-5-9-21/h2,4-5,8-13,16-17H,3,6-7,14-15,18H2,1H3,(H,28,30). The molecule has 1 saturated heterocycles. The summed E-state index contributed by atoms with van der Waals surface area (Å²) in [7, 11) is -3.54. The number of carbonyl (C=O) groups is 1. The van der Waals surface area contributed by atoms with Crippen molar-refractivity contribution >= 4 is 33.2 Å². The summed E-state index contributed by atoms with van der Waals surface area (Å²) < 4.78 is 38.9. The highest BCUT2D eigenvalue weighted by atomic mass is 35.5. The van der Waals surface area contributed by atoms with E-state index in [-0.39, 0.29) is 11.5 Å². The number of piperidine rings is 1. The van der Waals surface area contributed by atoms with Crippen LogP contribution in [0.15, 0.2) is 71.6 Å². The second-order valence-electron chi connectivity index (χ2n) is 8.28. The van der Waals surface area contributed by atoms with Crippen molar-refractivity contribution in [3.05, 3.63) is 77.3 Å². The fourth-order valence-corrected chi connectivity index (χ4v) is 5.61. The van der Waals surface area contributed by atoms with Crippen LogP contribution in [0.25, 0.3) is 0 Å². The molecule has 184 valence electrons. The molecule has 1 fully saturated rings. The summed E-state index contributed by atoms with van der Waals surface area (Å²) >= 11 is 6.11. The van der Waals surface area contributed by atoms with E-state index in [9.17, 15) is 13.2 Å². The minimum Gasteiger partial charge on any atom is -0.483 e. The van der Waals surface area contributed by atoms with E-state index < -0.39 is 15.9 Å². The molecule has 0 radical (unpaired) electrons. The van der Waals surface area contributed by atoms with Crippen molar-refractivity contribution in [3.63, 3.8) is 0 Å². The van der Waals surface area contributed by atoms with Gasteiger partial charge in [0.2, 0.25) is 10.0 Å². The van der Waals surface area contributed by atoms with Crippen molar-refractivity contribution in [2.24, 2.45) is 0 Å². The van der Waals surface area contributed by atoms with E-state index in [1.54, 1.807) is 49.4 Å². The van der Waals surface area contributed by atoms with E-state index >= 15 is 0 Å². The molecule has 1 amide bonds. The van der Waals surface area contributed by atoms with E-state index in [4.69, 9.17) is 21.1 Å². The predicted octanol–water partition coefficient (Wildman–Crippen LogP) is 5.63. The number of hydrogen-bond acceptors (Lipinski definition) is 5. The monoisotopic (exact) mass is 514 g/mol. The molecule has 1 aliphatic rings. The number of ether oxygens (including phenoxy) is 2. The zero-order valence-corrected chi connectivity index (χ0v) is 20.9. The molecule has 0 aromatic heterocycles. The van der Waals surface area contributed by atoms with Gasteiger partial charge in [-0.2, -0.15) is 4.31 Å². The number of para-hydroxylation sites is 1. The Labute approximate surface area is 210 Å². The molecule has 0 spiro atoms. The average Bonchev–Trinajstić information content (AvgIpc) is 2.86. The number of benzene rings is 3. The van der Waals surface area contributed by atoms with Gasteiger partial charge in [0.25, 0.3) is 5.91 Å². The van der Waals surface area contributed by atoms with Crippen molar-refractivity contribution in [1.82, 2.24) is 4.31 Å². The number of hydrogen-bond donors (Lipinski definition) is 1. The highest BCUT2D eigenvalue weighted by molar-refractivity contribution is 7.89. The number of sulfonamides is 1. The van der Waals surface area contributed by atoms with E-state index in [2.05, 4.69) is 5.32 Å². The summed E-state index contributed by atoms with van der Waals surface area (Å²) in [5.41, 5.74) is 1.04. The van der Waals surface area contributed by atoms with E-state index in [0.717, 1.165) is 19.3 Å². The number of carbonyl (C=O) groups excluding carboxylic acids is 1. The van der Waals surface area contributed by atoms with E-state index in [0.29, 0.717) is 46.6 Å². The Morgan fingerprint density at radius 2 is 1.69 bits per heavy atom. The van der Waals surface area contributed by atoms with Crippen LogP contribution in [0, 0.1) is 6.92 Å². The smallest absolute Gasteiger partial charge is 0.262 e. The minimum absolute atomic E-state index is 0.232. The maximum atomic E-state index is 12.9. The lowest BCUT2D eigenvalue weighted by Gasteiger charge is -2.26. The lowest BCUT2D eigenvalue weighted by atomic mass is 10.2. The molecular formula is C26H27ClN2O5S. The van der Waals surface area contributed by atoms with Crippen LogP contribution in [0.1, 0.15) is 24.8 Å². The highest BCUT2D eigenvalue weighted by Crippen LogP contribution is 2.32. The van der Waals surface area contributed by atoms with Crippen LogP contribution in [0.2, 0.25) is 5.02 Å². The summed E-state index contributed by atoms with van der Waals surface area (Å²) in [6.45, 7) is 2.57. The second kappa shape index (κ2) is 11.1. The number of aryl methyl sites for hydroxylation is 1. The first-order chi connectivity index (χ1) is 16.8. The zero-order chi connectivity index (χ0) is 24.8. The first-order valence-electron chi connectivity index (χ1n) is 11.4. The fraction of sp³-hybridized carbons (Fsp3) is 0.269. The third-order valence-electron chi connectivity index (χ3n) is 5.64. The molecule has 3 aromatic carbocycles. The maximum absolute atomic E-state index is 12.9. The van der Waals surface area contributed by atoms with Gasteiger partial charge in [-0.05, 0) is 73.9 Å².